The molecule has 0 fully saturated rings. The summed E-state index contributed by atoms with van der Waals surface area (Å²) in [4.78, 5) is 24.0. The van der Waals surface area contributed by atoms with Gasteiger partial charge in [0.15, 0.2) is 0 Å². The first-order chi connectivity index (χ1) is 16.1. The predicted octanol–water partition coefficient (Wildman–Crippen LogP) is 4.01. The summed E-state index contributed by atoms with van der Waals surface area (Å²) in [6.07, 6.45) is -3.52. The van der Waals surface area contributed by atoms with Crippen LogP contribution in [0.2, 0.25) is 0 Å². The number of alkyl halides is 3. The van der Waals surface area contributed by atoms with Gasteiger partial charge in [-0.25, -0.2) is 14.0 Å². The summed E-state index contributed by atoms with van der Waals surface area (Å²) in [5.74, 6) is -0.0480. The van der Waals surface area contributed by atoms with Crippen LogP contribution < -0.4 is 15.2 Å². The summed E-state index contributed by atoms with van der Waals surface area (Å²) in [5, 5.41) is 4.09. The minimum atomic E-state index is -4.79. The Kier molecular flexibility index (Phi) is 7.64. The van der Waals surface area contributed by atoms with Crippen LogP contribution in [0.5, 0.6) is 11.5 Å². The molecule has 0 aliphatic heterocycles. The van der Waals surface area contributed by atoms with Crippen molar-refractivity contribution in [2.75, 3.05) is 6.61 Å². The van der Waals surface area contributed by atoms with Crippen LogP contribution in [0.4, 0.5) is 13.2 Å². The molecular weight excluding hydrogens is 455 g/mol. The van der Waals surface area contributed by atoms with Gasteiger partial charge in [0, 0.05) is 6.42 Å². The van der Waals surface area contributed by atoms with Gasteiger partial charge in [-0.15, -0.1) is 13.2 Å². The zero-order valence-electron chi connectivity index (χ0n) is 18.8. The first-order valence-corrected chi connectivity index (χ1v) is 10.5. The molecule has 0 saturated carbocycles. The van der Waals surface area contributed by atoms with Crippen LogP contribution in [0.25, 0.3) is 5.69 Å². The standard InChI is InChI=1S/C23H24F3N3O5/c1-4-21(30)32-13-16(3)33-20-10-5-17(11-15(20)2)12-29-22(31)28(14-27-29)18-6-8-19(9-7-18)34-23(24,25)26/h5-11,14,16H,4,12-13H2,1-3H3. The molecule has 2 aromatic carbocycles. The van der Waals surface area contributed by atoms with Gasteiger partial charge in [-0.1, -0.05) is 19.1 Å². The van der Waals surface area contributed by atoms with Crippen LogP contribution >= 0.6 is 0 Å². The topological polar surface area (TPSA) is 84.6 Å². The van der Waals surface area contributed by atoms with Crippen LogP contribution in [0.15, 0.2) is 53.6 Å². The van der Waals surface area contributed by atoms with E-state index in [0.717, 1.165) is 23.3 Å². The first-order valence-electron chi connectivity index (χ1n) is 10.5. The molecule has 1 atom stereocenters. The van der Waals surface area contributed by atoms with Crippen LogP contribution in [0.3, 0.4) is 0 Å². The molecule has 11 heteroatoms. The second kappa shape index (κ2) is 10.4. The molecule has 1 aromatic heterocycles. The first kappa shape index (κ1) is 24.9. The SMILES string of the molecule is CCC(=O)OCC(C)Oc1ccc(Cn2ncn(-c3ccc(OC(F)(F)F)cc3)c2=O)cc1C. The summed E-state index contributed by atoms with van der Waals surface area (Å²) in [6.45, 7) is 5.70. The second-order valence-electron chi connectivity index (χ2n) is 7.55. The number of aromatic nitrogens is 3. The van der Waals surface area contributed by atoms with Gasteiger partial charge >= 0.3 is 18.0 Å². The monoisotopic (exact) mass is 479 g/mol. The van der Waals surface area contributed by atoms with Gasteiger partial charge in [0.2, 0.25) is 0 Å². The molecule has 0 radical (unpaired) electrons. The van der Waals surface area contributed by atoms with Gasteiger partial charge in [0.1, 0.15) is 30.5 Å². The number of hydrogen-bond donors (Lipinski definition) is 0. The quantitative estimate of drug-likeness (QED) is 0.431. The van der Waals surface area contributed by atoms with Crippen molar-refractivity contribution in [2.24, 2.45) is 0 Å². The highest BCUT2D eigenvalue weighted by atomic mass is 19.4. The highest BCUT2D eigenvalue weighted by Crippen LogP contribution is 2.24. The predicted molar refractivity (Wildman–Crippen MR) is 116 cm³/mol. The van der Waals surface area contributed by atoms with Gasteiger partial charge in [-0.05, 0) is 55.3 Å². The van der Waals surface area contributed by atoms with E-state index in [-0.39, 0.29) is 31.0 Å². The number of rotatable bonds is 9. The molecule has 3 aromatic rings. The molecule has 0 amide bonds. The third-order valence-corrected chi connectivity index (χ3v) is 4.75. The number of benzene rings is 2. The van der Waals surface area contributed by atoms with Crippen molar-refractivity contribution in [3.8, 4) is 17.2 Å². The third-order valence-electron chi connectivity index (χ3n) is 4.75. The van der Waals surface area contributed by atoms with Gasteiger partial charge in [-0.2, -0.15) is 5.10 Å². The van der Waals surface area contributed by atoms with Crippen molar-refractivity contribution >= 4 is 5.97 Å². The Labute approximate surface area is 193 Å². The molecule has 0 aliphatic rings. The molecule has 182 valence electrons. The molecule has 0 N–H and O–H groups in total. The average molecular weight is 479 g/mol. The smallest absolute Gasteiger partial charge is 0.487 e. The Morgan fingerprint density at radius 3 is 2.47 bits per heavy atom. The lowest BCUT2D eigenvalue weighted by Crippen LogP contribution is -2.24. The number of hydrogen-bond acceptors (Lipinski definition) is 6. The fourth-order valence-electron chi connectivity index (χ4n) is 3.11. The van der Waals surface area contributed by atoms with E-state index in [0.29, 0.717) is 17.9 Å². The Bertz CT molecular complexity index is 1190. The minimum Gasteiger partial charge on any atom is -0.487 e. The van der Waals surface area contributed by atoms with Gasteiger partial charge in [0.05, 0.1) is 12.2 Å². The van der Waals surface area contributed by atoms with Crippen molar-refractivity contribution in [3.63, 3.8) is 0 Å². The highest BCUT2D eigenvalue weighted by Gasteiger charge is 2.31. The highest BCUT2D eigenvalue weighted by molar-refractivity contribution is 5.68. The zero-order valence-corrected chi connectivity index (χ0v) is 18.8. The molecular formula is C23H24F3N3O5. The third kappa shape index (κ3) is 6.63. The van der Waals surface area contributed by atoms with Crippen molar-refractivity contribution in [2.45, 2.75) is 46.2 Å². The molecule has 1 heterocycles. The maximum Gasteiger partial charge on any atom is 0.573 e. The molecule has 1 unspecified atom stereocenters. The fourth-order valence-corrected chi connectivity index (χ4v) is 3.11. The minimum absolute atomic E-state index is 0.143. The van der Waals surface area contributed by atoms with E-state index in [2.05, 4.69) is 9.84 Å². The summed E-state index contributed by atoms with van der Waals surface area (Å²) in [7, 11) is 0. The normalized spacial score (nSPS) is 12.3. The molecule has 3 rings (SSSR count). The van der Waals surface area contributed by atoms with Crippen molar-refractivity contribution in [3.05, 3.63) is 70.4 Å². The number of halogens is 3. The number of nitrogens with zero attached hydrogens (tertiary/aromatic N) is 3. The Balaban J connectivity index is 1.67. The molecule has 34 heavy (non-hydrogen) atoms. The van der Waals surface area contributed by atoms with E-state index in [9.17, 15) is 22.8 Å². The van der Waals surface area contributed by atoms with Crippen LogP contribution in [0, 0.1) is 6.92 Å². The maximum absolute atomic E-state index is 12.7. The number of ether oxygens (including phenoxy) is 3. The van der Waals surface area contributed by atoms with Crippen LogP contribution in [0.1, 0.15) is 31.4 Å². The zero-order chi connectivity index (χ0) is 24.9. The number of esters is 1. The molecule has 8 nitrogen and oxygen atoms in total. The lowest BCUT2D eigenvalue weighted by molar-refractivity contribution is -0.274. The molecule has 0 bridgehead atoms. The fraction of sp³-hybridized carbons (Fsp3) is 0.348. The van der Waals surface area contributed by atoms with E-state index in [1.165, 1.54) is 27.7 Å². The van der Waals surface area contributed by atoms with Gasteiger partial charge < -0.3 is 14.2 Å². The van der Waals surface area contributed by atoms with Crippen LogP contribution in [-0.4, -0.2) is 39.4 Å². The Hall–Kier alpha value is -3.76. The molecule has 0 aliphatic carbocycles. The largest absolute Gasteiger partial charge is 0.573 e. The average Bonchev–Trinajstić information content (AvgIpc) is 3.13. The van der Waals surface area contributed by atoms with Crippen molar-refractivity contribution in [1.29, 1.82) is 0 Å². The van der Waals surface area contributed by atoms with Crippen molar-refractivity contribution in [1.82, 2.24) is 14.3 Å². The summed E-state index contributed by atoms with van der Waals surface area (Å²) < 4.78 is 54.2. The summed E-state index contributed by atoms with van der Waals surface area (Å²) in [6, 6.07) is 10.3. The number of aryl methyl sites for hydroxylation is 1. The molecule has 0 saturated heterocycles. The summed E-state index contributed by atoms with van der Waals surface area (Å²) in [5.41, 5.74) is 1.53. The number of carbonyl (C=O) groups excluding carboxylic acids is 1. The van der Waals surface area contributed by atoms with Crippen LogP contribution in [-0.2, 0) is 16.1 Å². The van der Waals surface area contributed by atoms with Gasteiger partial charge in [-0.3, -0.25) is 4.79 Å². The molecule has 0 spiro atoms. The van der Waals surface area contributed by atoms with E-state index in [1.54, 1.807) is 26.0 Å². The lowest BCUT2D eigenvalue weighted by Gasteiger charge is -2.17. The van der Waals surface area contributed by atoms with E-state index in [4.69, 9.17) is 9.47 Å². The number of carbonyl (C=O) groups is 1. The maximum atomic E-state index is 12.7. The van der Waals surface area contributed by atoms with E-state index >= 15 is 0 Å². The van der Waals surface area contributed by atoms with E-state index < -0.39 is 12.1 Å². The summed E-state index contributed by atoms with van der Waals surface area (Å²) >= 11 is 0. The second-order valence-corrected chi connectivity index (χ2v) is 7.55. The Morgan fingerprint density at radius 2 is 1.85 bits per heavy atom. The van der Waals surface area contributed by atoms with Crippen molar-refractivity contribution < 1.29 is 32.2 Å². The lowest BCUT2D eigenvalue weighted by atomic mass is 10.1. The Morgan fingerprint density at radius 1 is 1.15 bits per heavy atom. The van der Waals surface area contributed by atoms with Gasteiger partial charge in [0.25, 0.3) is 0 Å². The van der Waals surface area contributed by atoms with E-state index in [1.807, 2.05) is 13.0 Å².